The van der Waals surface area contributed by atoms with Crippen LogP contribution in [0.4, 0.5) is 10.5 Å². The zero-order chi connectivity index (χ0) is 17.9. The van der Waals surface area contributed by atoms with Crippen molar-refractivity contribution in [1.29, 1.82) is 0 Å². The second-order valence-electron chi connectivity index (χ2n) is 6.60. The van der Waals surface area contributed by atoms with Gasteiger partial charge >= 0.3 is 6.03 Å². The van der Waals surface area contributed by atoms with Crippen LogP contribution in [0.5, 0.6) is 0 Å². The van der Waals surface area contributed by atoms with Crippen LogP contribution in [-0.2, 0) is 9.84 Å². The molecule has 1 saturated heterocycles. The lowest BCUT2D eigenvalue weighted by molar-refractivity contribution is 0.168. The van der Waals surface area contributed by atoms with Gasteiger partial charge in [0.1, 0.15) is 0 Å². The van der Waals surface area contributed by atoms with Gasteiger partial charge in [-0.05, 0) is 30.4 Å². The monoisotopic (exact) mass is 354 g/mol. The number of carbonyl (C=O) groups excluding carboxylic acids is 1. The summed E-state index contributed by atoms with van der Waals surface area (Å²) in [6, 6.07) is 5.12. The van der Waals surface area contributed by atoms with Crippen LogP contribution >= 0.6 is 0 Å². The Kier molecular flexibility index (Phi) is 5.87. The molecule has 1 aromatic rings. The third kappa shape index (κ3) is 4.27. The molecule has 2 amide bonds. The number of hydrogen-bond acceptors (Lipinski definition) is 4. The molecule has 6 nitrogen and oxygen atoms in total. The van der Waals surface area contributed by atoms with Crippen LogP contribution in [0.2, 0.25) is 0 Å². The van der Waals surface area contributed by atoms with Gasteiger partial charge in [0.25, 0.3) is 0 Å². The maximum Gasteiger partial charge on any atom is 0.322 e. The number of nitrogens with zero attached hydrogens (tertiary/aromatic N) is 1. The lowest BCUT2D eigenvalue weighted by Gasteiger charge is -2.29. The highest BCUT2D eigenvalue weighted by Gasteiger charge is 2.34. The third-order valence-electron chi connectivity index (χ3n) is 4.41. The highest BCUT2D eigenvalue weighted by atomic mass is 32.2. The number of aliphatic hydroxyl groups excluding tert-OH is 1. The van der Waals surface area contributed by atoms with Crippen molar-refractivity contribution in [3.63, 3.8) is 0 Å². The molecule has 0 aromatic heterocycles. The highest BCUT2D eigenvalue weighted by molar-refractivity contribution is 7.91. The normalized spacial score (nSPS) is 19.5. The van der Waals surface area contributed by atoms with Gasteiger partial charge in [-0.3, -0.25) is 0 Å². The first-order chi connectivity index (χ1) is 11.2. The van der Waals surface area contributed by atoms with E-state index in [-0.39, 0.29) is 42.6 Å². The van der Waals surface area contributed by atoms with Crippen molar-refractivity contribution < 1.29 is 18.3 Å². The summed E-state index contributed by atoms with van der Waals surface area (Å²) >= 11 is 0. The Morgan fingerprint density at radius 1 is 1.42 bits per heavy atom. The summed E-state index contributed by atoms with van der Waals surface area (Å²) in [7, 11) is -3.10. The van der Waals surface area contributed by atoms with Crippen molar-refractivity contribution in [3.05, 3.63) is 29.3 Å². The molecule has 1 atom stereocenters. The van der Waals surface area contributed by atoms with Crippen LogP contribution in [0.1, 0.15) is 37.3 Å². The number of aryl methyl sites for hydroxylation is 1. The molecule has 2 N–H and O–H groups in total. The number of nitrogens with one attached hydrogen (secondary N) is 1. The van der Waals surface area contributed by atoms with Crippen LogP contribution in [0, 0.1) is 6.92 Å². The molecular weight excluding hydrogens is 328 g/mol. The van der Waals surface area contributed by atoms with Crippen LogP contribution in [-0.4, -0.2) is 55.2 Å². The first-order valence-corrected chi connectivity index (χ1v) is 10.1. The fourth-order valence-corrected chi connectivity index (χ4v) is 4.83. The molecule has 0 unspecified atom stereocenters. The number of urea groups is 1. The topological polar surface area (TPSA) is 86.7 Å². The first kappa shape index (κ1) is 18.7. The van der Waals surface area contributed by atoms with Gasteiger partial charge in [0.05, 0.1) is 18.1 Å². The van der Waals surface area contributed by atoms with Gasteiger partial charge in [0, 0.05) is 18.3 Å². The Bertz CT molecular complexity index is 701. The molecule has 24 heavy (non-hydrogen) atoms. The molecule has 134 valence electrons. The van der Waals surface area contributed by atoms with Crippen molar-refractivity contribution in [2.24, 2.45) is 0 Å². The largest absolute Gasteiger partial charge is 0.395 e. The molecule has 0 bridgehead atoms. The molecule has 0 spiro atoms. The van der Waals surface area contributed by atoms with Gasteiger partial charge in [-0.2, -0.15) is 0 Å². The zero-order valence-electron chi connectivity index (χ0n) is 14.4. The van der Waals surface area contributed by atoms with Crippen molar-refractivity contribution in [2.75, 3.05) is 30.0 Å². The van der Waals surface area contributed by atoms with Crippen molar-refractivity contribution >= 4 is 21.6 Å². The Hall–Kier alpha value is -1.60. The summed E-state index contributed by atoms with van der Waals surface area (Å²) in [6.07, 6.45) is 0.417. The number of carbonyl (C=O) groups is 1. The summed E-state index contributed by atoms with van der Waals surface area (Å²) in [5.74, 6) is 0.304. The second-order valence-corrected chi connectivity index (χ2v) is 8.83. The molecule has 0 aliphatic carbocycles. The fraction of sp³-hybridized carbons (Fsp3) is 0.588. The van der Waals surface area contributed by atoms with E-state index in [4.69, 9.17) is 0 Å². The predicted octanol–water partition coefficient (Wildman–Crippen LogP) is 2.13. The molecule has 1 aromatic carbocycles. The van der Waals surface area contributed by atoms with E-state index in [9.17, 15) is 18.3 Å². The Labute approximate surface area is 143 Å². The quantitative estimate of drug-likeness (QED) is 0.848. The van der Waals surface area contributed by atoms with Gasteiger partial charge < -0.3 is 15.3 Å². The molecule has 0 saturated carbocycles. The van der Waals surface area contributed by atoms with E-state index in [0.29, 0.717) is 6.42 Å². The minimum atomic E-state index is -3.10. The highest BCUT2D eigenvalue weighted by Crippen LogP contribution is 2.28. The van der Waals surface area contributed by atoms with Gasteiger partial charge in [-0.1, -0.05) is 32.0 Å². The zero-order valence-corrected chi connectivity index (χ0v) is 15.3. The summed E-state index contributed by atoms with van der Waals surface area (Å²) in [5.41, 5.74) is 2.75. The molecule has 7 heteroatoms. The van der Waals surface area contributed by atoms with Gasteiger partial charge in [-0.25, -0.2) is 13.2 Å². The second kappa shape index (κ2) is 7.53. The third-order valence-corrected chi connectivity index (χ3v) is 6.16. The maximum absolute atomic E-state index is 12.7. The van der Waals surface area contributed by atoms with Crippen LogP contribution in [0.25, 0.3) is 0 Å². The van der Waals surface area contributed by atoms with Gasteiger partial charge in [0.15, 0.2) is 9.84 Å². The molecule has 1 heterocycles. The van der Waals surface area contributed by atoms with Crippen LogP contribution in [0.15, 0.2) is 18.2 Å². The summed E-state index contributed by atoms with van der Waals surface area (Å²) in [5, 5.41) is 12.2. The Balaban J connectivity index is 2.23. The SMILES string of the molecule is Cc1cccc(C(C)C)c1NC(=O)N(CCO)[C@H]1CCS(=O)(=O)C1. The Morgan fingerprint density at radius 3 is 2.67 bits per heavy atom. The number of amides is 2. The number of hydrogen-bond donors (Lipinski definition) is 2. The number of sulfone groups is 1. The average Bonchev–Trinajstić information content (AvgIpc) is 2.86. The summed E-state index contributed by atoms with van der Waals surface area (Å²) in [4.78, 5) is 14.2. The smallest absolute Gasteiger partial charge is 0.322 e. The number of para-hydroxylation sites is 1. The van der Waals surface area contributed by atoms with Crippen molar-refractivity contribution in [3.8, 4) is 0 Å². The van der Waals surface area contributed by atoms with E-state index in [1.165, 1.54) is 4.90 Å². The fourth-order valence-electron chi connectivity index (χ4n) is 3.10. The van der Waals surface area contributed by atoms with E-state index >= 15 is 0 Å². The van der Waals surface area contributed by atoms with E-state index in [1.54, 1.807) is 0 Å². The molecule has 1 aliphatic rings. The predicted molar refractivity (Wildman–Crippen MR) is 95.1 cm³/mol. The minimum Gasteiger partial charge on any atom is -0.395 e. The standard InChI is InChI=1S/C17H26N2O4S/c1-12(2)15-6-4-5-13(3)16(15)18-17(21)19(8-9-20)14-7-10-24(22,23)11-14/h4-6,12,14,20H,7-11H2,1-3H3,(H,18,21)/t14-/m0/s1. The van der Waals surface area contributed by atoms with Gasteiger partial charge in [-0.15, -0.1) is 0 Å². The van der Waals surface area contributed by atoms with Crippen LogP contribution < -0.4 is 5.32 Å². The van der Waals surface area contributed by atoms with E-state index in [0.717, 1.165) is 16.8 Å². The molecule has 0 radical (unpaired) electrons. The summed E-state index contributed by atoms with van der Waals surface area (Å²) in [6.45, 7) is 5.96. The van der Waals surface area contributed by atoms with Crippen LogP contribution in [0.3, 0.4) is 0 Å². The number of rotatable bonds is 5. The average molecular weight is 354 g/mol. The van der Waals surface area contributed by atoms with E-state index in [2.05, 4.69) is 19.2 Å². The molecular formula is C17H26N2O4S. The number of aliphatic hydroxyl groups is 1. The lowest BCUT2D eigenvalue weighted by atomic mass is 9.98. The molecule has 2 rings (SSSR count). The molecule has 1 aliphatic heterocycles. The lowest BCUT2D eigenvalue weighted by Crippen LogP contribution is -2.45. The Morgan fingerprint density at radius 2 is 2.12 bits per heavy atom. The van der Waals surface area contributed by atoms with Crippen molar-refractivity contribution in [1.82, 2.24) is 4.90 Å². The number of anilines is 1. The van der Waals surface area contributed by atoms with E-state index in [1.807, 2.05) is 25.1 Å². The maximum atomic E-state index is 12.7. The summed E-state index contributed by atoms with van der Waals surface area (Å²) < 4.78 is 23.4. The number of benzene rings is 1. The molecule has 1 fully saturated rings. The van der Waals surface area contributed by atoms with E-state index < -0.39 is 9.84 Å². The minimum absolute atomic E-state index is 0.0365. The van der Waals surface area contributed by atoms with Gasteiger partial charge in [0.2, 0.25) is 0 Å². The first-order valence-electron chi connectivity index (χ1n) is 8.23. The van der Waals surface area contributed by atoms with Crippen molar-refractivity contribution in [2.45, 2.75) is 39.2 Å².